The Morgan fingerprint density at radius 1 is 0.968 bits per heavy atom. The highest BCUT2D eigenvalue weighted by Gasteiger charge is 2.27. The van der Waals surface area contributed by atoms with Crippen LogP contribution < -0.4 is 0 Å². The zero-order valence-corrected chi connectivity index (χ0v) is 18.6. The largest absolute Gasteiger partial charge is 0.335 e. The minimum Gasteiger partial charge on any atom is -0.335 e. The van der Waals surface area contributed by atoms with Gasteiger partial charge in [-0.05, 0) is 42.4 Å². The maximum absolute atomic E-state index is 12.9. The minimum absolute atomic E-state index is 0.0301. The molecule has 1 heterocycles. The summed E-state index contributed by atoms with van der Waals surface area (Å²) >= 11 is 1.45. The van der Waals surface area contributed by atoms with Gasteiger partial charge in [-0.3, -0.25) is 19.7 Å². The first kappa shape index (κ1) is 22.8. The number of benzene rings is 2. The predicted molar refractivity (Wildman–Crippen MR) is 122 cm³/mol. The first-order valence-corrected chi connectivity index (χ1v) is 11.4. The molecule has 7 nitrogen and oxygen atoms in total. The number of amides is 2. The van der Waals surface area contributed by atoms with Crippen LogP contribution in [0.4, 0.5) is 5.69 Å². The van der Waals surface area contributed by atoms with Gasteiger partial charge in [0.05, 0.1) is 9.82 Å². The zero-order chi connectivity index (χ0) is 22.4. The van der Waals surface area contributed by atoms with Crippen molar-refractivity contribution in [2.75, 3.05) is 31.9 Å². The van der Waals surface area contributed by atoms with Crippen LogP contribution in [0.25, 0.3) is 0 Å². The molecule has 3 rings (SSSR count). The van der Waals surface area contributed by atoms with Gasteiger partial charge < -0.3 is 9.80 Å². The van der Waals surface area contributed by atoms with Gasteiger partial charge in [-0.15, -0.1) is 11.8 Å². The minimum atomic E-state index is -0.426. The Morgan fingerprint density at radius 3 is 2.10 bits per heavy atom. The van der Waals surface area contributed by atoms with Gasteiger partial charge in [-0.2, -0.15) is 0 Å². The molecule has 2 amide bonds. The van der Waals surface area contributed by atoms with E-state index in [-0.39, 0.29) is 17.5 Å². The van der Waals surface area contributed by atoms with E-state index in [1.165, 1.54) is 17.8 Å². The highest BCUT2D eigenvalue weighted by molar-refractivity contribution is 7.99. The molecule has 1 aliphatic rings. The van der Waals surface area contributed by atoms with Crippen molar-refractivity contribution < 1.29 is 14.5 Å². The quantitative estimate of drug-likeness (QED) is 0.363. The first-order chi connectivity index (χ1) is 14.9. The van der Waals surface area contributed by atoms with Gasteiger partial charge in [-0.1, -0.05) is 32.0 Å². The van der Waals surface area contributed by atoms with Crippen LogP contribution in [0.5, 0.6) is 0 Å². The van der Waals surface area contributed by atoms with Crippen molar-refractivity contribution in [3.8, 4) is 0 Å². The summed E-state index contributed by atoms with van der Waals surface area (Å²) < 4.78 is 0. The maximum Gasteiger partial charge on any atom is 0.283 e. The molecule has 8 heteroatoms. The normalized spacial score (nSPS) is 14.0. The van der Waals surface area contributed by atoms with E-state index in [0.717, 1.165) is 12.2 Å². The summed E-state index contributed by atoms with van der Waals surface area (Å²) in [5, 5.41) is 11.5. The average Bonchev–Trinajstić information content (AvgIpc) is 2.78. The second kappa shape index (κ2) is 10.4. The summed E-state index contributed by atoms with van der Waals surface area (Å²) in [6.07, 6.45) is 0.967. The lowest BCUT2D eigenvalue weighted by molar-refractivity contribution is -0.387. The summed E-state index contributed by atoms with van der Waals surface area (Å²) in [7, 11) is 0. The Balaban J connectivity index is 1.64. The van der Waals surface area contributed by atoms with E-state index in [9.17, 15) is 19.7 Å². The van der Waals surface area contributed by atoms with Gasteiger partial charge in [0.1, 0.15) is 0 Å². The van der Waals surface area contributed by atoms with Gasteiger partial charge in [0.15, 0.2) is 0 Å². The smallest absolute Gasteiger partial charge is 0.283 e. The lowest BCUT2D eigenvalue weighted by Crippen LogP contribution is -2.50. The number of hydrogen-bond acceptors (Lipinski definition) is 5. The van der Waals surface area contributed by atoms with Crippen LogP contribution in [0.3, 0.4) is 0 Å². The number of nitro groups is 1. The summed E-state index contributed by atoms with van der Waals surface area (Å²) in [5.41, 5.74) is 0.906. The van der Waals surface area contributed by atoms with Crippen molar-refractivity contribution >= 4 is 29.3 Å². The Kier molecular flexibility index (Phi) is 7.68. The lowest BCUT2D eigenvalue weighted by Gasteiger charge is -2.34. The van der Waals surface area contributed by atoms with Crippen LogP contribution in [-0.2, 0) is 0 Å². The Morgan fingerprint density at radius 2 is 1.55 bits per heavy atom. The van der Waals surface area contributed by atoms with Crippen LogP contribution in [0.1, 0.15) is 41.0 Å². The lowest BCUT2D eigenvalue weighted by atomic mass is 10.1. The second-order valence-electron chi connectivity index (χ2n) is 7.92. The standard InChI is InChI=1S/C23H27N3O4S/c1-17(2)10-15-31-21-9-8-19(16-20(21)26(29)30)23(28)25-13-11-24(12-14-25)22(27)18-6-4-3-5-7-18/h3-9,16-17H,10-15H2,1-2H3. The molecule has 1 saturated heterocycles. The number of nitrogens with zero attached hydrogens (tertiary/aromatic N) is 3. The van der Waals surface area contributed by atoms with Crippen molar-refractivity contribution in [3.05, 3.63) is 69.8 Å². The van der Waals surface area contributed by atoms with Gasteiger partial charge >= 0.3 is 0 Å². The zero-order valence-electron chi connectivity index (χ0n) is 17.8. The summed E-state index contributed by atoms with van der Waals surface area (Å²) in [4.78, 5) is 40.6. The van der Waals surface area contributed by atoms with E-state index in [0.29, 0.717) is 48.1 Å². The fourth-order valence-corrected chi connectivity index (χ4v) is 4.63. The van der Waals surface area contributed by atoms with Gasteiger partial charge in [0, 0.05) is 43.4 Å². The van der Waals surface area contributed by atoms with Crippen LogP contribution in [-0.4, -0.2) is 58.5 Å². The highest BCUT2D eigenvalue weighted by Crippen LogP contribution is 2.31. The highest BCUT2D eigenvalue weighted by atomic mass is 32.2. The predicted octanol–water partition coefficient (Wildman–Crippen LogP) is 4.33. The molecule has 31 heavy (non-hydrogen) atoms. The van der Waals surface area contributed by atoms with Crippen molar-refractivity contribution in [2.24, 2.45) is 5.92 Å². The van der Waals surface area contributed by atoms with Crippen molar-refractivity contribution in [1.29, 1.82) is 0 Å². The third kappa shape index (κ3) is 5.85. The summed E-state index contributed by atoms with van der Waals surface area (Å²) in [5.74, 6) is 1.03. The molecule has 2 aromatic carbocycles. The van der Waals surface area contributed by atoms with Crippen molar-refractivity contribution in [2.45, 2.75) is 25.2 Å². The molecule has 164 valence electrons. The van der Waals surface area contributed by atoms with E-state index in [2.05, 4.69) is 13.8 Å². The fraction of sp³-hybridized carbons (Fsp3) is 0.391. The number of hydrogen-bond donors (Lipinski definition) is 0. The Hall–Kier alpha value is -2.87. The molecule has 0 spiro atoms. The molecule has 0 aliphatic carbocycles. The van der Waals surface area contributed by atoms with E-state index in [4.69, 9.17) is 0 Å². The van der Waals surface area contributed by atoms with Crippen LogP contribution in [0.2, 0.25) is 0 Å². The van der Waals surface area contributed by atoms with Crippen molar-refractivity contribution in [1.82, 2.24) is 9.80 Å². The summed E-state index contributed by atoms with van der Waals surface area (Å²) in [6, 6.07) is 13.8. The molecule has 0 atom stereocenters. The second-order valence-corrected chi connectivity index (χ2v) is 9.06. The third-order valence-electron chi connectivity index (χ3n) is 5.23. The van der Waals surface area contributed by atoms with E-state index in [1.54, 1.807) is 34.1 Å². The van der Waals surface area contributed by atoms with Crippen molar-refractivity contribution in [3.63, 3.8) is 0 Å². The van der Waals surface area contributed by atoms with Gasteiger partial charge in [0.25, 0.3) is 17.5 Å². The molecule has 0 saturated carbocycles. The Labute approximate surface area is 186 Å². The molecule has 0 unspecified atom stereocenters. The van der Waals surface area contributed by atoms with Gasteiger partial charge in [0.2, 0.25) is 0 Å². The number of nitro benzene ring substituents is 1. The van der Waals surface area contributed by atoms with Crippen LogP contribution in [0.15, 0.2) is 53.4 Å². The molecular formula is C23H27N3O4S. The molecule has 0 N–H and O–H groups in total. The molecule has 0 bridgehead atoms. The summed E-state index contributed by atoms with van der Waals surface area (Å²) in [6.45, 7) is 5.90. The molecule has 0 radical (unpaired) electrons. The maximum atomic E-state index is 12.9. The van der Waals surface area contributed by atoms with Gasteiger partial charge in [-0.25, -0.2) is 0 Å². The molecule has 0 aromatic heterocycles. The third-order valence-corrected chi connectivity index (χ3v) is 6.33. The SMILES string of the molecule is CC(C)CCSc1ccc(C(=O)N2CCN(C(=O)c3ccccc3)CC2)cc1[N+](=O)[O-]. The topological polar surface area (TPSA) is 83.8 Å². The number of thioether (sulfide) groups is 1. The molecule has 1 fully saturated rings. The van der Waals surface area contributed by atoms with E-state index in [1.807, 2.05) is 18.2 Å². The van der Waals surface area contributed by atoms with Crippen LogP contribution in [0, 0.1) is 16.0 Å². The number of piperazine rings is 1. The number of rotatable bonds is 7. The molecule has 2 aromatic rings. The van der Waals surface area contributed by atoms with E-state index >= 15 is 0 Å². The monoisotopic (exact) mass is 441 g/mol. The van der Waals surface area contributed by atoms with E-state index < -0.39 is 4.92 Å². The first-order valence-electron chi connectivity index (χ1n) is 10.4. The number of carbonyl (C=O) groups is 2. The average molecular weight is 442 g/mol. The molecular weight excluding hydrogens is 414 g/mol. The van der Waals surface area contributed by atoms with Crippen LogP contribution >= 0.6 is 11.8 Å². The Bertz CT molecular complexity index is 941. The number of carbonyl (C=O) groups excluding carboxylic acids is 2. The molecule has 1 aliphatic heterocycles. The fourth-order valence-electron chi connectivity index (χ4n) is 3.38.